The molecule has 0 unspecified atom stereocenters. The zero-order chi connectivity index (χ0) is 26.2. The number of amides is 1. The normalized spacial score (nSPS) is 15.5. The van der Waals surface area contributed by atoms with Gasteiger partial charge in [0.05, 0.1) is 25.1 Å². The molecule has 3 N–H and O–H groups in total. The van der Waals surface area contributed by atoms with Crippen LogP contribution in [-0.2, 0) is 4.79 Å². The van der Waals surface area contributed by atoms with Gasteiger partial charge in [0.1, 0.15) is 17.8 Å². The summed E-state index contributed by atoms with van der Waals surface area (Å²) in [5.74, 6) is 2.49. The highest BCUT2D eigenvalue weighted by atomic mass is 32.1. The van der Waals surface area contributed by atoms with Crippen LogP contribution in [0.25, 0.3) is 21.9 Å². The van der Waals surface area contributed by atoms with Crippen LogP contribution in [-0.4, -0.2) is 71.3 Å². The molecule has 196 valence electrons. The van der Waals surface area contributed by atoms with Gasteiger partial charge in [-0.15, -0.1) is 0 Å². The number of rotatable bonds is 6. The molecule has 2 aromatic heterocycles. The number of carbonyl (C=O) groups excluding carboxylic acids is 1. The second-order valence-corrected chi connectivity index (χ2v) is 9.93. The SMILES string of the molecule is COc1cc2[nH]c3ncnc(N4CCN(C(=S)Nc5ccc(NC(=O)C6CC6)cc5)CC4)c3c2cc1OC. The molecule has 1 saturated heterocycles. The number of methoxy groups -OCH3 is 2. The molecule has 0 spiro atoms. The van der Waals surface area contributed by atoms with E-state index in [9.17, 15) is 4.79 Å². The van der Waals surface area contributed by atoms with Crippen molar-refractivity contribution in [2.75, 3.05) is 55.9 Å². The van der Waals surface area contributed by atoms with E-state index in [1.54, 1.807) is 20.5 Å². The number of nitrogens with one attached hydrogen (secondary N) is 3. The molecule has 10 nitrogen and oxygen atoms in total. The van der Waals surface area contributed by atoms with Crippen LogP contribution < -0.4 is 25.0 Å². The van der Waals surface area contributed by atoms with E-state index in [0.29, 0.717) is 16.6 Å². The number of aromatic amines is 1. The van der Waals surface area contributed by atoms with E-state index >= 15 is 0 Å². The third-order valence-corrected chi connectivity index (χ3v) is 7.45. The van der Waals surface area contributed by atoms with E-state index in [-0.39, 0.29) is 11.8 Å². The molecule has 2 aliphatic rings. The van der Waals surface area contributed by atoms with Crippen LogP contribution in [0.3, 0.4) is 0 Å². The molecule has 38 heavy (non-hydrogen) atoms. The number of carbonyl (C=O) groups is 1. The van der Waals surface area contributed by atoms with Gasteiger partial charge in [-0.05, 0) is 55.4 Å². The Hall–Kier alpha value is -4.12. The van der Waals surface area contributed by atoms with Gasteiger partial charge in [-0.25, -0.2) is 9.97 Å². The second-order valence-electron chi connectivity index (χ2n) is 9.54. The first-order valence-corrected chi connectivity index (χ1v) is 13.0. The van der Waals surface area contributed by atoms with Crippen molar-refractivity contribution in [1.82, 2.24) is 19.9 Å². The first kappa shape index (κ1) is 24.2. The highest BCUT2D eigenvalue weighted by Gasteiger charge is 2.29. The second kappa shape index (κ2) is 9.97. The molecular formula is C27H29N7O3S. The largest absolute Gasteiger partial charge is 0.493 e. The Morgan fingerprint density at radius 3 is 2.29 bits per heavy atom. The number of thiocarbonyl (C=S) groups is 1. The minimum Gasteiger partial charge on any atom is -0.493 e. The molecule has 3 heterocycles. The molecule has 2 fully saturated rings. The van der Waals surface area contributed by atoms with Crippen molar-refractivity contribution in [1.29, 1.82) is 0 Å². The van der Waals surface area contributed by atoms with Gasteiger partial charge in [0.15, 0.2) is 16.6 Å². The van der Waals surface area contributed by atoms with Gasteiger partial charge in [0.2, 0.25) is 5.91 Å². The standard InChI is InChI=1S/C27H29N7O3S/c1-36-21-13-19-20(14-22(21)37-2)32-24-23(19)25(29-15-28-24)33-9-11-34(12-10-33)27(38)31-18-7-5-17(6-8-18)30-26(35)16-3-4-16/h5-8,13-16H,3-4,9-12H2,1-2H3,(H,30,35)(H,31,38)(H,28,29,32). The van der Waals surface area contributed by atoms with Crippen LogP contribution in [0.2, 0.25) is 0 Å². The fraction of sp³-hybridized carbons (Fsp3) is 0.333. The van der Waals surface area contributed by atoms with Gasteiger partial charge in [0, 0.05) is 54.9 Å². The quantitative estimate of drug-likeness (QED) is 0.318. The minimum absolute atomic E-state index is 0.103. The van der Waals surface area contributed by atoms with Crippen molar-refractivity contribution in [2.24, 2.45) is 5.92 Å². The topological polar surface area (TPSA) is 108 Å². The number of benzene rings is 2. The lowest BCUT2D eigenvalue weighted by atomic mass is 10.1. The molecule has 1 saturated carbocycles. The Morgan fingerprint density at radius 1 is 0.974 bits per heavy atom. The molecule has 1 amide bonds. The molecule has 0 radical (unpaired) electrons. The number of hydrogen-bond donors (Lipinski definition) is 3. The summed E-state index contributed by atoms with van der Waals surface area (Å²) in [6, 6.07) is 11.6. The van der Waals surface area contributed by atoms with Crippen molar-refractivity contribution in [3.8, 4) is 11.5 Å². The molecule has 1 aliphatic carbocycles. The maximum Gasteiger partial charge on any atom is 0.227 e. The zero-order valence-corrected chi connectivity index (χ0v) is 22.1. The maximum absolute atomic E-state index is 12.0. The molecule has 0 bridgehead atoms. The van der Waals surface area contributed by atoms with Crippen molar-refractivity contribution in [2.45, 2.75) is 12.8 Å². The average molecular weight is 532 g/mol. The Labute approximate surface area is 225 Å². The van der Waals surface area contributed by atoms with E-state index < -0.39 is 0 Å². The van der Waals surface area contributed by atoms with Crippen LogP contribution in [0.5, 0.6) is 11.5 Å². The summed E-state index contributed by atoms with van der Waals surface area (Å²) in [4.78, 5) is 28.9. The lowest BCUT2D eigenvalue weighted by molar-refractivity contribution is -0.117. The number of ether oxygens (including phenoxy) is 2. The number of fused-ring (bicyclic) bond motifs is 3. The molecule has 1 aliphatic heterocycles. The molecule has 2 aromatic carbocycles. The highest BCUT2D eigenvalue weighted by molar-refractivity contribution is 7.80. The van der Waals surface area contributed by atoms with Gasteiger partial charge < -0.3 is 34.9 Å². The van der Waals surface area contributed by atoms with Crippen LogP contribution >= 0.6 is 12.2 Å². The molecular weight excluding hydrogens is 502 g/mol. The summed E-state index contributed by atoms with van der Waals surface area (Å²) in [7, 11) is 3.26. The van der Waals surface area contributed by atoms with E-state index in [0.717, 1.165) is 78.1 Å². The van der Waals surface area contributed by atoms with Crippen LogP contribution in [0, 0.1) is 5.92 Å². The number of nitrogens with zero attached hydrogens (tertiary/aromatic N) is 4. The molecule has 0 atom stereocenters. The summed E-state index contributed by atoms with van der Waals surface area (Å²) < 4.78 is 11.0. The average Bonchev–Trinajstić information content (AvgIpc) is 3.74. The number of anilines is 3. The Kier molecular flexibility index (Phi) is 6.36. The lowest BCUT2D eigenvalue weighted by Gasteiger charge is -2.37. The fourth-order valence-electron chi connectivity index (χ4n) is 4.83. The Balaban J connectivity index is 1.13. The summed E-state index contributed by atoms with van der Waals surface area (Å²) in [6.45, 7) is 3.04. The number of hydrogen-bond acceptors (Lipinski definition) is 7. The Morgan fingerprint density at radius 2 is 1.63 bits per heavy atom. The first-order chi connectivity index (χ1) is 18.5. The molecule has 11 heteroatoms. The van der Waals surface area contributed by atoms with E-state index in [1.165, 1.54) is 0 Å². The van der Waals surface area contributed by atoms with Crippen molar-refractivity contribution >= 4 is 62.4 Å². The predicted molar refractivity (Wildman–Crippen MR) is 152 cm³/mol. The maximum atomic E-state index is 12.0. The Bertz CT molecular complexity index is 1510. The van der Waals surface area contributed by atoms with Crippen LogP contribution in [0.15, 0.2) is 42.7 Å². The number of aromatic nitrogens is 3. The molecule has 4 aromatic rings. The summed E-state index contributed by atoms with van der Waals surface area (Å²) >= 11 is 5.70. The number of H-pyrrole nitrogens is 1. The van der Waals surface area contributed by atoms with Gasteiger partial charge >= 0.3 is 0 Å². The van der Waals surface area contributed by atoms with E-state index in [2.05, 4.69) is 35.4 Å². The monoisotopic (exact) mass is 531 g/mol. The van der Waals surface area contributed by atoms with Crippen molar-refractivity contribution in [3.05, 3.63) is 42.7 Å². The third-order valence-electron chi connectivity index (χ3n) is 7.09. The van der Waals surface area contributed by atoms with Crippen LogP contribution in [0.1, 0.15) is 12.8 Å². The third kappa shape index (κ3) is 4.65. The van der Waals surface area contributed by atoms with E-state index in [1.807, 2.05) is 36.4 Å². The smallest absolute Gasteiger partial charge is 0.227 e. The molecule has 6 rings (SSSR count). The van der Waals surface area contributed by atoms with Crippen LogP contribution in [0.4, 0.5) is 17.2 Å². The predicted octanol–water partition coefficient (Wildman–Crippen LogP) is 4.00. The van der Waals surface area contributed by atoms with Crippen molar-refractivity contribution in [3.63, 3.8) is 0 Å². The lowest BCUT2D eigenvalue weighted by Crippen LogP contribution is -2.50. The summed E-state index contributed by atoms with van der Waals surface area (Å²) in [6.07, 6.45) is 3.57. The van der Waals surface area contributed by atoms with Gasteiger partial charge in [0.25, 0.3) is 0 Å². The van der Waals surface area contributed by atoms with Crippen molar-refractivity contribution < 1.29 is 14.3 Å². The number of piperazine rings is 1. The zero-order valence-electron chi connectivity index (χ0n) is 21.3. The highest BCUT2D eigenvalue weighted by Crippen LogP contribution is 2.38. The summed E-state index contributed by atoms with van der Waals surface area (Å²) in [5.41, 5.74) is 3.39. The minimum atomic E-state index is 0.103. The van der Waals surface area contributed by atoms with Gasteiger partial charge in [-0.2, -0.15) is 0 Å². The van der Waals surface area contributed by atoms with Gasteiger partial charge in [-0.1, -0.05) is 0 Å². The fourth-order valence-corrected chi connectivity index (χ4v) is 5.13. The summed E-state index contributed by atoms with van der Waals surface area (Å²) in [5, 5.41) is 8.92. The van der Waals surface area contributed by atoms with E-state index in [4.69, 9.17) is 21.7 Å². The van der Waals surface area contributed by atoms with Gasteiger partial charge in [-0.3, -0.25) is 4.79 Å². The first-order valence-electron chi connectivity index (χ1n) is 12.6.